The van der Waals surface area contributed by atoms with Crippen molar-refractivity contribution in [1.82, 2.24) is 9.16 Å². The Labute approximate surface area is 147 Å². The van der Waals surface area contributed by atoms with E-state index < -0.39 is 35.3 Å². The average molecular weight is 406 g/mol. The molecule has 0 aliphatic carbocycles. The second-order valence-electron chi connectivity index (χ2n) is 5.64. The first kappa shape index (κ1) is 19.1. The Hall–Kier alpha value is -1.71. The van der Waals surface area contributed by atoms with Crippen LogP contribution in [0.3, 0.4) is 0 Å². The molecule has 2 N–H and O–H groups in total. The topological polar surface area (TPSA) is 86.7 Å². The van der Waals surface area contributed by atoms with Gasteiger partial charge in [0.05, 0.1) is 12.1 Å². The number of rotatable bonds is 3. The summed E-state index contributed by atoms with van der Waals surface area (Å²) in [6.07, 6.45) is 0. The third kappa shape index (κ3) is 3.19. The summed E-state index contributed by atoms with van der Waals surface area (Å²) in [5.41, 5.74) is -5.17. The van der Waals surface area contributed by atoms with Crippen molar-refractivity contribution in [3.05, 3.63) is 71.8 Å². The molecule has 1 fully saturated rings. The maximum atomic E-state index is 13.2. The van der Waals surface area contributed by atoms with Crippen LogP contribution in [0.1, 0.15) is 23.2 Å². The van der Waals surface area contributed by atoms with Gasteiger partial charge in [-0.2, -0.15) is 13.2 Å². The number of benzene rings is 2. The third-order valence-corrected chi connectivity index (χ3v) is 7.98. The molecule has 0 bridgehead atoms. The van der Waals surface area contributed by atoms with Crippen LogP contribution in [0.15, 0.2) is 60.7 Å². The lowest BCUT2D eigenvalue weighted by atomic mass is 9.95. The molecule has 2 aromatic rings. The van der Waals surface area contributed by atoms with Crippen LogP contribution in [0, 0.1) is 0 Å². The summed E-state index contributed by atoms with van der Waals surface area (Å²) in [5.74, 6) is 0. The molecular formula is C15H14F3N2O4PS. The molecule has 3 atom stereocenters. The molecule has 0 aromatic heterocycles. The van der Waals surface area contributed by atoms with Gasteiger partial charge in [-0.05, 0) is 11.1 Å². The van der Waals surface area contributed by atoms with Crippen LogP contribution in [-0.4, -0.2) is 22.9 Å². The zero-order chi connectivity index (χ0) is 19.2. The molecule has 6 nitrogen and oxygen atoms in total. The molecule has 1 aliphatic rings. The van der Waals surface area contributed by atoms with Crippen molar-refractivity contribution >= 4 is 17.7 Å². The number of halogens is 3. The smallest absolute Gasteiger partial charge is 0.321 e. The molecule has 140 valence electrons. The van der Waals surface area contributed by atoms with Gasteiger partial charge in [0.2, 0.25) is 0 Å². The fraction of sp³-hybridized carbons (Fsp3) is 0.200. The highest BCUT2D eigenvalue weighted by molar-refractivity contribution is 7.95. The standard InChI is InChI=1S/C15H14F3N2O4PS/c16-15(17,18)26(23,24)20-14(12-9-5-2-6-10-12)13(19-25(20,21)22)11-7-3-1-4-8-11/h1-10,13-14H,(H2,19,21,22). The lowest BCUT2D eigenvalue weighted by molar-refractivity contribution is -0.0478. The number of sulfonamides is 1. The van der Waals surface area contributed by atoms with Crippen LogP contribution in [0.25, 0.3) is 0 Å². The van der Waals surface area contributed by atoms with Gasteiger partial charge in [-0.25, -0.2) is 13.5 Å². The summed E-state index contributed by atoms with van der Waals surface area (Å²) in [4.78, 5) is 10.1. The Morgan fingerprint density at radius 1 is 0.962 bits per heavy atom. The fourth-order valence-corrected chi connectivity index (χ4v) is 6.60. The number of hydrogen-bond acceptors (Lipinski definition) is 3. The predicted molar refractivity (Wildman–Crippen MR) is 88.1 cm³/mol. The van der Waals surface area contributed by atoms with Crippen LogP contribution in [-0.2, 0) is 14.6 Å². The van der Waals surface area contributed by atoms with E-state index in [-0.39, 0.29) is 9.64 Å². The Morgan fingerprint density at radius 3 is 1.88 bits per heavy atom. The zero-order valence-corrected chi connectivity index (χ0v) is 14.7. The Kier molecular flexibility index (Phi) is 4.74. The van der Waals surface area contributed by atoms with Gasteiger partial charge in [0.1, 0.15) is 0 Å². The van der Waals surface area contributed by atoms with Crippen molar-refractivity contribution in [2.75, 3.05) is 0 Å². The summed E-state index contributed by atoms with van der Waals surface area (Å²) in [6.45, 7) is 0. The van der Waals surface area contributed by atoms with Crippen LogP contribution >= 0.6 is 7.67 Å². The summed E-state index contributed by atoms with van der Waals surface area (Å²) in [5, 5.41) is 2.18. The maximum absolute atomic E-state index is 13.2. The fourth-order valence-electron chi connectivity index (χ4n) is 2.89. The van der Waals surface area contributed by atoms with Crippen molar-refractivity contribution in [1.29, 1.82) is 0 Å². The summed E-state index contributed by atoms with van der Waals surface area (Å²) < 4.78 is 75.7. The van der Waals surface area contributed by atoms with Gasteiger partial charge in [-0.15, -0.1) is 0 Å². The zero-order valence-electron chi connectivity index (χ0n) is 13.0. The van der Waals surface area contributed by atoms with Crippen LogP contribution in [0.5, 0.6) is 0 Å². The minimum absolute atomic E-state index is 0.161. The summed E-state index contributed by atoms with van der Waals surface area (Å²) in [7, 11) is -11.1. The van der Waals surface area contributed by atoms with Gasteiger partial charge in [0.15, 0.2) is 0 Å². The Morgan fingerprint density at radius 2 is 1.42 bits per heavy atom. The molecule has 26 heavy (non-hydrogen) atoms. The van der Waals surface area contributed by atoms with Crippen molar-refractivity contribution in [3.8, 4) is 0 Å². The lowest BCUT2D eigenvalue weighted by Gasteiger charge is -2.27. The van der Waals surface area contributed by atoms with Crippen LogP contribution < -0.4 is 5.09 Å². The van der Waals surface area contributed by atoms with Gasteiger partial charge >= 0.3 is 23.2 Å². The van der Waals surface area contributed by atoms with Gasteiger partial charge in [0.25, 0.3) is 0 Å². The number of alkyl halides is 3. The van der Waals surface area contributed by atoms with Crippen LogP contribution in [0.4, 0.5) is 13.2 Å². The first-order valence-corrected chi connectivity index (χ1v) is 10.4. The minimum atomic E-state index is -6.06. The molecule has 0 amide bonds. The average Bonchev–Trinajstić information content (AvgIpc) is 2.87. The minimum Gasteiger partial charge on any atom is -0.321 e. The maximum Gasteiger partial charge on any atom is 0.512 e. The quantitative estimate of drug-likeness (QED) is 0.764. The molecule has 0 saturated carbocycles. The highest BCUT2D eigenvalue weighted by atomic mass is 32.2. The third-order valence-electron chi connectivity index (χ3n) is 3.97. The van der Waals surface area contributed by atoms with Crippen molar-refractivity contribution < 1.29 is 31.0 Å². The normalized spacial score (nSPS) is 27.5. The number of nitrogens with zero attached hydrogens (tertiary/aromatic N) is 1. The highest BCUT2D eigenvalue weighted by Gasteiger charge is 2.63. The molecule has 3 unspecified atom stereocenters. The van der Waals surface area contributed by atoms with E-state index >= 15 is 0 Å². The van der Waals surface area contributed by atoms with E-state index in [0.717, 1.165) is 0 Å². The van der Waals surface area contributed by atoms with Gasteiger partial charge in [0, 0.05) is 0 Å². The summed E-state index contributed by atoms with van der Waals surface area (Å²) >= 11 is 0. The highest BCUT2D eigenvalue weighted by Crippen LogP contribution is 2.62. The largest absolute Gasteiger partial charge is 0.512 e. The van der Waals surface area contributed by atoms with E-state index in [9.17, 15) is 31.0 Å². The van der Waals surface area contributed by atoms with E-state index in [1.807, 2.05) is 0 Å². The second kappa shape index (κ2) is 6.47. The van der Waals surface area contributed by atoms with E-state index in [4.69, 9.17) is 0 Å². The number of hydrogen-bond donors (Lipinski definition) is 2. The first-order valence-electron chi connectivity index (χ1n) is 7.37. The van der Waals surface area contributed by atoms with Gasteiger partial charge in [-0.3, -0.25) is 4.57 Å². The monoisotopic (exact) mass is 406 g/mol. The Bertz CT molecular complexity index is 938. The molecule has 0 spiro atoms. The van der Waals surface area contributed by atoms with Gasteiger partial charge < -0.3 is 4.89 Å². The first-order chi connectivity index (χ1) is 12.1. The van der Waals surface area contributed by atoms with E-state index in [0.29, 0.717) is 5.56 Å². The molecule has 3 rings (SSSR count). The molecule has 11 heteroatoms. The van der Waals surface area contributed by atoms with Crippen molar-refractivity contribution in [2.24, 2.45) is 0 Å². The van der Waals surface area contributed by atoms with Crippen LogP contribution in [0.2, 0.25) is 0 Å². The lowest BCUT2D eigenvalue weighted by Crippen LogP contribution is -2.39. The Balaban J connectivity index is 2.23. The second-order valence-corrected chi connectivity index (χ2v) is 9.49. The van der Waals surface area contributed by atoms with Gasteiger partial charge in [-0.1, -0.05) is 64.7 Å². The molecule has 2 aromatic carbocycles. The molecule has 1 heterocycles. The molecule has 1 saturated heterocycles. The summed E-state index contributed by atoms with van der Waals surface area (Å²) in [6, 6.07) is 12.7. The van der Waals surface area contributed by atoms with Crippen molar-refractivity contribution in [3.63, 3.8) is 0 Å². The van der Waals surface area contributed by atoms with E-state index in [1.54, 1.807) is 24.3 Å². The predicted octanol–water partition coefficient (Wildman–Crippen LogP) is 3.32. The van der Waals surface area contributed by atoms with E-state index in [1.165, 1.54) is 36.4 Å². The molecule has 0 radical (unpaired) electrons. The SMILES string of the molecule is O=P1(O)NC(c2ccccc2)C(c2ccccc2)N1S(=O)(=O)C(F)(F)F. The van der Waals surface area contributed by atoms with E-state index in [2.05, 4.69) is 5.09 Å². The molecular weight excluding hydrogens is 392 g/mol. The number of nitrogens with one attached hydrogen (secondary N) is 1. The molecule has 1 aliphatic heterocycles. The van der Waals surface area contributed by atoms with Crippen molar-refractivity contribution in [2.45, 2.75) is 17.6 Å².